The van der Waals surface area contributed by atoms with Crippen molar-refractivity contribution in [3.8, 4) is 0 Å². The largest absolute Gasteiger partial charge is 0.465 e. The molecule has 1 fully saturated rings. The molecule has 1 unspecified atom stereocenters. The van der Waals surface area contributed by atoms with Gasteiger partial charge in [-0.3, -0.25) is 14.4 Å². The Morgan fingerprint density at radius 2 is 1.69 bits per heavy atom. The van der Waals surface area contributed by atoms with Gasteiger partial charge in [0.15, 0.2) is 0 Å². The Bertz CT molecular complexity index is 1600. The maximum atomic E-state index is 13.7. The Labute approximate surface area is 247 Å². The van der Waals surface area contributed by atoms with E-state index in [4.69, 9.17) is 5.11 Å². The number of amides is 4. The van der Waals surface area contributed by atoms with Crippen molar-refractivity contribution in [3.63, 3.8) is 0 Å². The van der Waals surface area contributed by atoms with Gasteiger partial charge in [-0.25, -0.2) is 9.78 Å². The van der Waals surface area contributed by atoms with Gasteiger partial charge in [0.05, 0.1) is 15.7 Å². The Balaban J connectivity index is 1.30. The van der Waals surface area contributed by atoms with Gasteiger partial charge in [0.1, 0.15) is 6.04 Å². The summed E-state index contributed by atoms with van der Waals surface area (Å²) in [6, 6.07) is 20.4. The molecule has 11 heteroatoms. The second-order valence-electron chi connectivity index (χ2n) is 10.2. The minimum atomic E-state index is -0.964. The van der Waals surface area contributed by atoms with E-state index in [2.05, 4.69) is 15.6 Å². The number of anilines is 1. The van der Waals surface area contributed by atoms with Gasteiger partial charge < -0.3 is 25.5 Å². The van der Waals surface area contributed by atoms with E-state index in [0.29, 0.717) is 37.2 Å². The van der Waals surface area contributed by atoms with E-state index in [1.54, 1.807) is 30.8 Å². The van der Waals surface area contributed by atoms with E-state index in [1.165, 1.54) is 27.2 Å². The summed E-state index contributed by atoms with van der Waals surface area (Å²) in [6.45, 7) is 0.706. The van der Waals surface area contributed by atoms with Crippen LogP contribution in [0.15, 0.2) is 78.3 Å². The zero-order valence-corrected chi connectivity index (χ0v) is 23.8. The molecular weight excluding hydrogens is 554 g/mol. The molecule has 0 aliphatic carbocycles. The van der Waals surface area contributed by atoms with Crippen molar-refractivity contribution in [1.82, 2.24) is 20.5 Å². The lowest BCUT2D eigenvalue weighted by atomic mass is 10.0. The normalized spacial score (nSPS) is 14.3. The van der Waals surface area contributed by atoms with Crippen LogP contribution in [0.3, 0.4) is 0 Å². The van der Waals surface area contributed by atoms with Crippen molar-refractivity contribution in [2.24, 2.45) is 0 Å². The Morgan fingerprint density at radius 3 is 2.40 bits per heavy atom. The number of rotatable bonds is 8. The standard InChI is InChI=1S/C31H31N5O5S/c1-35(24-10-11-27-25(18-24)32-19-42-27)30(39)26(16-20-6-3-2-4-7-20)34-29(38)22-9-5-8-21(17-22)28(37)33-23-12-14-36(15-13-23)31(40)41/h2-11,17-19,23,26H,12-16H2,1H3,(H,33,37)(H,34,38)(H,40,41). The third-order valence-electron chi connectivity index (χ3n) is 7.41. The number of aromatic nitrogens is 1. The van der Waals surface area contributed by atoms with E-state index in [0.717, 1.165) is 15.8 Å². The predicted octanol–water partition coefficient (Wildman–Crippen LogP) is 4.17. The zero-order valence-electron chi connectivity index (χ0n) is 23.0. The molecule has 2 heterocycles. The van der Waals surface area contributed by atoms with Crippen LogP contribution < -0.4 is 15.5 Å². The average molecular weight is 586 g/mol. The average Bonchev–Trinajstić information content (AvgIpc) is 3.49. The molecule has 0 saturated carbocycles. The first-order valence-corrected chi connectivity index (χ1v) is 14.5. The van der Waals surface area contributed by atoms with E-state index >= 15 is 0 Å². The highest BCUT2D eigenvalue weighted by Crippen LogP contribution is 2.24. The van der Waals surface area contributed by atoms with Crippen molar-refractivity contribution < 1.29 is 24.3 Å². The smallest absolute Gasteiger partial charge is 0.407 e. The summed E-state index contributed by atoms with van der Waals surface area (Å²) in [5.74, 6) is -1.10. The third kappa shape index (κ3) is 6.74. The van der Waals surface area contributed by atoms with Crippen LogP contribution in [0.1, 0.15) is 39.1 Å². The van der Waals surface area contributed by atoms with Crippen LogP contribution in [0, 0.1) is 0 Å². The number of hydrogen-bond donors (Lipinski definition) is 3. The van der Waals surface area contributed by atoms with Gasteiger partial charge in [0, 0.05) is 49.4 Å². The molecule has 0 spiro atoms. The number of benzene rings is 3. The van der Waals surface area contributed by atoms with Gasteiger partial charge >= 0.3 is 6.09 Å². The molecule has 0 bridgehead atoms. The fourth-order valence-corrected chi connectivity index (χ4v) is 5.65. The van der Waals surface area contributed by atoms with Gasteiger partial charge in [-0.1, -0.05) is 36.4 Å². The lowest BCUT2D eigenvalue weighted by molar-refractivity contribution is -0.120. The topological polar surface area (TPSA) is 132 Å². The summed E-state index contributed by atoms with van der Waals surface area (Å²) in [5, 5.41) is 15.0. The maximum absolute atomic E-state index is 13.7. The third-order valence-corrected chi connectivity index (χ3v) is 8.22. The van der Waals surface area contributed by atoms with Crippen molar-refractivity contribution in [3.05, 3.63) is 95.0 Å². The number of carbonyl (C=O) groups excluding carboxylic acids is 3. The molecule has 1 aliphatic heterocycles. The van der Waals surface area contributed by atoms with E-state index < -0.39 is 18.0 Å². The van der Waals surface area contributed by atoms with Crippen LogP contribution in [0.4, 0.5) is 10.5 Å². The van der Waals surface area contributed by atoms with Gasteiger partial charge in [-0.2, -0.15) is 0 Å². The monoisotopic (exact) mass is 585 g/mol. The first kappa shape index (κ1) is 28.7. The molecule has 3 aromatic carbocycles. The SMILES string of the molecule is CN(C(=O)C(Cc1ccccc1)NC(=O)c1cccc(C(=O)NC2CCN(C(=O)O)CC2)c1)c1ccc2scnc2c1. The van der Waals surface area contributed by atoms with Crippen molar-refractivity contribution in [1.29, 1.82) is 0 Å². The maximum Gasteiger partial charge on any atom is 0.407 e. The summed E-state index contributed by atoms with van der Waals surface area (Å²) < 4.78 is 1.02. The van der Waals surface area contributed by atoms with Crippen molar-refractivity contribution in [2.45, 2.75) is 31.3 Å². The van der Waals surface area contributed by atoms with Crippen LogP contribution >= 0.6 is 11.3 Å². The molecule has 3 N–H and O–H groups in total. The summed E-state index contributed by atoms with van der Waals surface area (Å²) >= 11 is 1.52. The molecule has 0 radical (unpaired) electrons. The summed E-state index contributed by atoms with van der Waals surface area (Å²) in [6.07, 6.45) is 0.355. The van der Waals surface area contributed by atoms with Gasteiger partial charge in [-0.05, 0) is 54.8 Å². The van der Waals surface area contributed by atoms with Crippen LogP contribution in [-0.4, -0.2) is 71.0 Å². The van der Waals surface area contributed by atoms with E-state index in [9.17, 15) is 19.2 Å². The molecule has 1 aliphatic rings. The van der Waals surface area contributed by atoms with Gasteiger partial charge in [0.2, 0.25) is 5.91 Å². The Hall–Kier alpha value is -4.77. The number of thiazole rings is 1. The number of fused-ring (bicyclic) bond motifs is 1. The second kappa shape index (κ2) is 12.8. The molecule has 4 aromatic rings. The van der Waals surface area contributed by atoms with Crippen LogP contribution in [-0.2, 0) is 11.2 Å². The highest BCUT2D eigenvalue weighted by molar-refractivity contribution is 7.16. The molecule has 42 heavy (non-hydrogen) atoms. The van der Waals surface area contributed by atoms with Crippen molar-refractivity contribution >= 4 is 51.1 Å². The molecule has 1 atom stereocenters. The molecular formula is C31H31N5O5S. The molecule has 1 aromatic heterocycles. The summed E-state index contributed by atoms with van der Waals surface area (Å²) in [7, 11) is 1.67. The predicted molar refractivity (Wildman–Crippen MR) is 161 cm³/mol. The van der Waals surface area contributed by atoms with Crippen LogP contribution in [0.5, 0.6) is 0 Å². The molecule has 4 amide bonds. The number of carbonyl (C=O) groups is 4. The first-order valence-electron chi connectivity index (χ1n) is 13.6. The number of nitrogens with zero attached hydrogens (tertiary/aromatic N) is 3. The Morgan fingerprint density at radius 1 is 0.976 bits per heavy atom. The van der Waals surface area contributed by atoms with Crippen LogP contribution in [0.25, 0.3) is 10.2 Å². The van der Waals surface area contributed by atoms with E-state index in [-0.39, 0.29) is 29.8 Å². The quantitative estimate of drug-likeness (QED) is 0.284. The highest BCUT2D eigenvalue weighted by atomic mass is 32.1. The number of hydrogen-bond acceptors (Lipinski definition) is 6. The summed E-state index contributed by atoms with van der Waals surface area (Å²) in [5.41, 5.74) is 4.66. The lowest BCUT2D eigenvalue weighted by Gasteiger charge is -2.30. The second-order valence-corrected chi connectivity index (χ2v) is 11.1. The molecule has 10 nitrogen and oxygen atoms in total. The van der Waals surface area contributed by atoms with Crippen molar-refractivity contribution in [2.75, 3.05) is 25.0 Å². The zero-order chi connectivity index (χ0) is 29.6. The first-order chi connectivity index (χ1) is 20.3. The molecule has 216 valence electrons. The number of likely N-dealkylation sites (N-methyl/N-ethyl adjacent to an activating group) is 1. The number of likely N-dealkylation sites (tertiary alicyclic amines) is 1. The number of piperidine rings is 1. The fraction of sp³-hybridized carbons (Fsp3) is 0.258. The van der Waals surface area contributed by atoms with Gasteiger partial charge in [-0.15, -0.1) is 11.3 Å². The minimum absolute atomic E-state index is 0.155. The number of nitrogens with one attached hydrogen (secondary N) is 2. The molecule has 5 rings (SSSR count). The van der Waals surface area contributed by atoms with Gasteiger partial charge in [0.25, 0.3) is 11.8 Å². The van der Waals surface area contributed by atoms with Crippen LogP contribution in [0.2, 0.25) is 0 Å². The Kier molecular flexibility index (Phi) is 8.77. The summed E-state index contributed by atoms with van der Waals surface area (Å²) in [4.78, 5) is 58.5. The molecule has 1 saturated heterocycles. The number of carboxylic acid groups (broad SMARTS) is 1. The van der Waals surface area contributed by atoms with E-state index in [1.807, 2.05) is 48.5 Å². The lowest BCUT2D eigenvalue weighted by Crippen LogP contribution is -2.49. The minimum Gasteiger partial charge on any atom is -0.465 e. The highest BCUT2D eigenvalue weighted by Gasteiger charge is 2.27. The fourth-order valence-electron chi connectivity index (χ4n) is 4.99.